The zero-order chi connectivity index (χ0) is 20.4. The Kier molecular flexibility index (Phi) is 4.90. The van der Waals surface area contributed by atoms with E-state index in [0.29, 0.717) is 23.1 Å². The largest absolute Gasteiger partial charge is 0.487 e. The number of rotatable bonds is 6. The first-order valence-corrected chi connectivity index (χ1v) is 9.08. The SMILES string of the molecule is Cc1oc(-c2ccccc2)nc1COc1cccc(C(C)n2oc(=O)[nH]c2=O)c1. The average molecular weight is 393 g/mol. The van der Waals surface area contributed by atoms with Gasteiger partial charge in [0.1, 0.15) is 23.8 Å². The molecule has 0 bridgehead atoms. The third-order valence-electron chi connectivity index (χ3n) is 4.57. The Morgan fingerprint density at radius 3 is 2.66 bits per heavy atom. The summed E-state index contributed by atoms with van der Waals surface area (Å²) in [6.07, 6.45) is 0. The molecule has 2 aromatic heterocycles. The molecule has 0 radical (unpaired) electrons. The van der Waals surface area contributed by atoms with Crippen molar-refractivity contribution in [3.63, 3.8) is 0 Å². The van der Waals surface area contributed by atoms with Crippen molar-refractivity contribution in [1.82, 2.24) is 14.7 Å². The molecule has 0 aliphatic rings. The van der Waals surface area contributed by atoms with Gasteiger partial charge in [-0.05, 0) is 43.7 Å². The summed E-state index contributed by atoms with van der Waals surface area (Å²) < 4.78 is 17.5. The van der Waals surface area contributed by atoms with Crippen molar-refractivity contribution in [3.8, 4) is 17.2 Å². The van der Waals surface area contributed by atoms with Gasteiger partial charge in [-0.1, -0.05) is 30.3 Å². The lowest BCUT2D eigenvalue weighted by Gasteiger charge is -2.12. The number of H-pyrrole nitrogens is 1. The van der Waals surface area contributed by atoms with Gasteiger partial charge in [0.05, 0.1) is 6.04 Å². The van der Waals surface area contributed by atoms with Gasteiger partial charge in [-0.15, -0.1) is 4.74 Å². The van der Waals surface area contributed by atoms with Crippen LogP contribution in [0.1, 0.15) is 30.0 Å². The van der Waals surface area contributed by atoms with E-state index >= 15 is 0 Å². The van der Waals surface area contributed by atoms with Crippen LogP contribution in [-0.4, -0.2) is 14.7 Å². The summed E-state index contributed by atoms with van der Waals surface area (Å²) in [5.74, 6) is 1.05. The van der Waals surface area contributed by atoms with E-state index in [1.54, 1.807) is 19.1 Å². The van der Waals surface area contributed by atoms with Gasteiger partial charge in [-0.2, -0.15) is 0 Å². The quantitative estimate of drug-likeness (QED) is 0.539. The van der Waals surface area contributed by atoms with Crippen LogP contribution in [-0.2, 0) is 6.61 Å². The summed E-state index contributed by atoms with van der Waals surface area (Å²) in [5.41, 5.74) is 1.76. The zero-order valence-electron chi connectivity index (χ0n) is 15.9. The molecule has 1 unspecified atom stereocenters. The van der Waals surface area contributed by atoms with Gasteiger partial charge >= 0.3 is 11.4 Å². The highest BCUT2D eigenvalue weighted by Gasteiger charge is 2.15. The molecule has 29 heavy (non-hydrogen) atoms. The number of benzene rings is 2. The summed E-state index contributed by atoms with van der Waals surface area (Å²) in [4.78, 5) is 29.6. The highest BCUT2D eigenvalue weighted by atomic mass is 16.5. The molecule has 0 amide bonds. The molecule has 148 valence electrons. The Balaban J connectivity index is 1.51. The molecule has 0 aliphatic heterocycles. The lowest BCUT2D eigenvalue weighted by Crippen LogP contribution is -2.20. The Bertz CT molecular complexity index is 1230. The molecule has 1 atom stereocenters. The molecule has 4 aromatic rings. The minimum Gasteiger partial charge on any atom is -0.487 e. The molecule has 0 spiro atoms. The standard InChI is InChI=1S/C21H19N3O5/c1-13(24-20(25)23-21(26)29-24)16-9-6-10-17(11-16)27-12-18-14(2)28-19(22-18)15-7-4-3-5-8-15/h3-11,13H,12H2,1-2H3,(H,23,25,26). The van der Waals surface area contributed by atoms with Crippen LogP contribution in [0.25, 0.3) is 11.5 Å². The van der Waals surface area contributed by atoms with Crippen LogP contribution in [0.5, 0.6) is 5.75 Å². The van der Waals surface area contributed by atoms with Crippen LogP contribution in [0.3, 0.4) is 0 Å². The highest BCUT2D eigenvalue weighted by Crippen LogP contribution is 2.24. The second-order valence-electron chi connectivity index (χ2n) is 6.56. The third kappa shape index (κ3) is 3.91. The van der Waals surface area contributed by atoms with Crippen molar-refractivity contribution in [2.24, 2.45) is 0 Å². The molecule has 8 heteroatoms. The molecule has 0 fully saturated rings. The average Bonchev–Trinajstić information content (AvgIpc) is 3.28. The molecular formula is C21H19N3O5. The fourth-order valence-electron chi connectivity index (χ4n) is 2.97. The predicted octanol–water partition coefficient (Wildman–Crippen LogP) is 3.28. The van der Waals surface area contributed by atoms with Crippen molar-refractivity contribution < 1.29 is 13.7 Å². The van der Waals surface area contributed by atoms with Gasteiger partial charge in [0.15, 0.2) is 0 Å². The number of aryl methyl sites for hydroxylation is 1. The van der Waals surface area contributed by atoms with Crippen LogP contribution in [0.2, 0.25) is 0 Å². The summed E-state index contributed by atoms with van der Waals surface area (Å²) in [7, 11) is 0. The van der Waals surface area contributed by atoms with E-state index in [4.69, 9.17) is 13.7 Å². The second kappa shape index (κ2) is 7.67. The maximum atomic E-state index is 11.8. The van der Waals surface area contributed by atoms with Crippen molar-refractivity contribution in [1.29, 1.82) is 0 Å². The summed E-state index contributed by atoms with van der Waals surface area (Å²) in [6, 6.07) is 16.4. The van der Waals surface area contributed by atoms with Crippen LogP contribution in [0.15, 0.2) is 73.1 Å². The summed E-state index contributed by atoms with van der Waals surface area (Å²) >= 11 is 0. The highest BCUT2D eigenvalue weighted by molar-refractivity contribution is 5.53. The lowest BCUT2D eigenvalue weighted by molar-refractivity contribution is 0.225. The van der Waals surface area contributed by atoms with Crippen molar-refractivity contribution >= 4 is 0 Å². The van der Waals surface area contributed by atoms with Gasteiger partial charge in [0, 0.05) is 5.56 Å². The van der Waals surface area contributed by atoms with Gasteiger partial charge in [0.2, 0.25) is 5.89 Å². The van der Waals surface area contributed by atoms with E-state index in [1.165, 1.54) is 0 Å². The number of ether oxygens (including phenoxy) is 1. The van der Waals surface area contributed by atoms with Crippen molar-refractivity contribution in [2.45, 2.75) is 26.5 Å². The third-order valence-corrected chi connectivity index (χ3v) is 4.57. The molecule has 4 rings (SSSR count). The molecule has 0 saturated carbocycles. The molecule has 2 aromatic carbocycles. The normalized spacial score (nSPS) is 12.1. The number of nitrogens with one attached hydrogen (secondary N) is 1. The first-order valence-electron chi connectivity index (χ1n) is 9.08. The maximum Gasteiger partial charge on any atom is 0.440 e. The smallest absolute Gasteiger partial charge is 0.440 e. The second-order valence-corrected chi connectivity index (χ2v) is 6.56. The Morgan fingerprint density at radius 1 is 1.14 bits per heavy atom. The van der Waals surface area contributed by atoms with E-state index < -0.39 is 17.5 Å². The van der Waals surface area contributed by atoms with E-state index in [-0.39, 0.29) is 6.61 Å². The number of hydrogen-bond donors (Lipinski definition) is 1. The topological polar surface area (TPSA) is 103 Å². The molecule has 0 saturated heterocycles. The number of oxazole rings is 1. The molecule has 8 nitrogen and oxygen atoms in total. The van der Waals surface area contributed by atoms with E-state index in [2.05, 4.69) is 9.97 Å². The Labute approximate surface area is 165 Å². The maximum absolute atomic E-state index is 11.8. The van der Waals surface area contributed by atoms with Crippen LogP contribution in [0, 0.1) is 6.92 Å². The predicted molar refractivity (Wildman–Crippen MR) is 105 cm³/mol. The number of hydrogen-bond acceptors (Lipinski definition) is 6. The van der Waals surface area contributed by atoms with E-state index in [0.717, 1.165) is 15.9 Å². The molecule has 2 heterocycles. The number of aromatic amines is 1. The zero-order valence-corrected chi connectivity index (χ0v) is 15.9. The first kappa shape index (κ1) is 18.5. The van der Waals surface area contributed by atoms with Crippen LogP contribution in [0.4, 0.5) is 0 Å². The molecule has 0 aliphatic carbocycles. The van der Waals surface area contributed by atoms with Crippen molar-refractivity contribution in [2.75, 3.05) is 0 Å². The molecule has 1 N–H and O–H groups in total. The van der Waals surface area contributed by atoms with Gasteiger partial charge < -0.3 is 13.7 Å². The Hall–Kier alpha value is -3.81. The van der Waals surface area contributed by atoms with Gasteiger partial charge in [-0.25, -0.2) is 19.6 Å². The summed E-state index contributed by atoms with van der Waals surface area (Å²) in [6.45, 7) is 3.83. The first-order chi connectivity index (χ1) is 14.0. The lowest BCUT2D eigenvalue weighted by atomic mass is 10.1. The molecular weight excluding hydrogens is 374 g/mol. The Morgan fingerprint density at radius 2 is 1.93 bits per heavy atom. The van der Waals surface area contributed by atoms with E-state index in [9.17, 15) is 9.59 Å². The van der Waals surface area contributed by atoms with Crippen LogP contribution < -0.4 is 16.2 Å². The number of aromatic nitrogens is 3. The van der Waals surface area contributed by atoms with Gasteiger partial charge in [0.25, 0.3) is 0 Å². The minimum absolute atomic E-state index is 0.235. The monoisotopic (exact) mass is 393 g/mol. The van der Waals surface area contributed by atoms with Crippen molar-refractivity contribution in [3.05, 3.63) is 92.6 Å². The summed E-state index contributed by atoms with van der Waals surface area (Å²) in [5, 5.41) is 0. The number of nitrogens with zero attached hydrogens (tertiary/aromatic N) is 2. The van der Waals surface area contributed by atoms with Crippen LogP contribution >= 0.6 is 0 Å². The fraction of sp³-hybridized carbons (Fsp3) is 0.190. The van der Waals surface area contributed by atoms with Gasteiger partial charge in [-0.3, -0.25) is 0 Å². The fourth-order valence-corrected chi connectivity index (χ4v) is 2.97. The minimum atomic E-state index is -0.787. The van der Waals surface area contributed by atoms with E-state index in [1.807, 2.05) is 49.4 Å².